The van der Waals surface area contributed by atoms with Gasteiger partial charge in [0.05, 0.1) is 17.0 Å². The Bertz CT molecular complexity index is 874. The summed E-state index contributed by atoms with van der Waals surface area (Å²) in [5, 5.41) is 25.0. The SMILES string of the molecule is Cc1cc(C)n(-c2nnc(SC(C)C(=O)NC3(C#N)CCCCC3)n2N)n1. The minimum Gasteiger partial charge on any atom is -0.337 e. The lowest BCUT2D eigenvalue weighted by molar-refractivity contribution is -0.121. The van der Waals surface area contributed by atoms with Crippen molar-refractivity contribution >= 4 is 17.7 Å². The van der Waals surface area contributed by atoms with Gasteiger partial charge in [0, 0.05) is 5.69 Å². The monoisotopic (exact) mass is 388 g/mol. The Balaban J connectivity index is 1.71. The third-order valence-electron chi connectivity index (χ3n) is 4.78. The zero-order valence-corrected chi connectivity index (χ0v) is 16.6. The molecule has 1 fully saturated rings. The van der Waals surface area contributed by atoms with Crippen molar-refractivity contribution in [1.29, 1.82) is 5.26 Å². The summed E-state index contributed by atoms with van der Waals surface area (Å²) in [4.78, 5) is 12.6. The molecule has 144 valence electrons. The summed E-state index contributed by atoms with van der Waals surface area (Å²) in [7, 11) is 0. The number of nitrogens with one attached hydrogen (secondary N) is 1. The number of nitrogen functional groups attached to an aromatic ring is 1. The van der Waals surface area contributed by atoms with Crippen molar-refractivity contribution < 1.29 is 4.79 Å². The average Bonchev–Trinajstić information content (AvgIpc) is 3.17. The van der Waals surface area contributed by atoms with E-state index in [2.05, 4.69) is 26.7 Å². The summed E-state index contributed by atoms with van der Waals surface area (Å²) in [5.41, 5.74) is 0.990. The molecule has 2 heterocycles. The van der Waals surface area contributed by atoms with Crippen molar-refractivity contribution in [3.63, 3.8) is 0 Å². The van der Waals surface area contributed by atoms with Gasteiger partial charge in [-0.3, -0.25) is 4.79 Å². The molecule has 1 saturated carbocycles. The second kappa shape index (κ2) is 7.60. The third kappa shape index (κ3) is 3.93. The number of carbonyl (C=O) groups excluding carboxylic acids is 1. The molecule has 0 radical (unpaired) electrons. The van der Waals surface area contributed by atoms with E-state index in [0.29, 0.717) is 23.9 Å². The lowest BCUT2D eigenvalue weighted by Gasteiger charge is -2.32. The van der Waals surface area contributed by atoms with Gasteiger partial charge < -0.3 is 11.2 Å². The molecule has 2 aromatic heterocycles. The van der Waals surface area contributed by atoms with Crippen LogP contribution >= 0.6 is 11.8 Å². The molecular weight excluding hydrogens is 364 g/mol. The van der Waals surface area contributed by atoms with Crippen LogP contribution in [0.3, 0.4) is 0 Å². The second-order valence-corrected chi connectivity index (χ2v) is 8.30. The van der Waals surface area contributed by atoms with Gasteiger partial charge in [0.15, 0.2) is 0 Å². The van der Waals surface area contributed by atoms with E-state index in [1.807, 2.05) is 19.9 Å². The maximum absolute atomic E-state index is 12.6. The van der Waals surface area contributed by atoms with Gasteiger partial charge in [-0.2, -0.15) is 10.4 Å². The Morgan fingerprint density at radius 1 is 1.37 bits per heavy atom. The summed E-state index contributed by atoms with van der Waals surface area (Å²) in [6.07, 6.45) is 4.41. The summed E-state index contributed by atoms with van der Waals surface area (Å²) < 4.78 is 2.94. The summed E-state index contributed by atoms with van der Waals surface area (Å²) in [6.45, 7) is 5.56. The molecule has 1 amide bonds. The van der Waals surface area contributed by atoms with E-state index >= 15 is 0 Å². The smallest absolute Gasteiger partial charge is 0.271 e. The van der Waals surface area contributed by atoms with Crippen LogP contribution in [0.15, 0.2) is 11.2 Å². The molecule has 10 heteroatoms. The molecule has 1 unspecified atom stereocenters. The molecule has 0 saturated heterocycles. The molecule has 0 aliphatic heterocycles. The van der Waals surface area contributed by atoms with Gasteiger partial charge in [0.1, 0.15) is 5.54 Å². The number of nitrogens with two attached hydrogens (primary N) is 1. The van der Waals surface area contributed by atoms with Crippen LogP contribution in [0.5, 0.6) is 0 Å². The predicted octanol–water partition coefficient (Wildman–Crippen LogP) is 1.62. The van der Waals surface area contributed by atoms with Gasteiger partial charge in [-0.25, -0.2) is 9.36 Å². The number of rotatable bonds is 5. The molecule has 1 aliphatic rings. The Morgan fingerprint density at radius 2 is 2.07 bits per heavy atom. The standard InChI is InChI=1S/C17H24N8OS/c1-11-9-12(2)25(23-11)15-21-22-16(24(15)19)27-13(3)14(26)20-17(10-18)7-5-4-6-8-17/h9,13H,4-8,19H2,1-3H3,(H,20,26). The first kappa shape index (κ1) is 19.2. The van der Waals surface area contributed by atoms with Crippen molar-refractivity contribution in [2.24, 2.45) is 0 Å². The highest BCUT2D eigenvalue weighted by Gasteiger charge is 2.35. The predicted molar refractivity (Wildman–Crippen MR) is 102 cm³/mol. The molecule has 2 aromatic rings. The van der Waals surface area contributed by atoms with Gasteiger partial charge in [-0.1, -0.05) is 31.0 Å². The first-order valence-electron chi connectivity index (χ1n) is 8.99. The van der Waals surface area contributed by atoms with E-state index in [9.17, 15) is 10.1 Å². The van der Waals surface area contributed by atoms with Crippen molar-refractivity contribution in [2.45, 2.75) is 68.8 Å². The van der Waals surface area contributed by atoms with Crippen LogP contribution in [-0.4, -0.2) is 41.3 Å². The van der Waals surface area contributed by atoms with E-state index < -0.39 is 10.8 Å². The van der Waals surface area contributed by atoms with Crippen molar-refractivity contribution in [1.82, 2.24) is 30.0 Å². The fourth-order valence-corrected chi connectivity index (χ4v) is 4.06. The zero-order valence-electron chi connectivity index (χ0n) is 15.8. The largest absolute Gasteiger partial charge is 0.337 e. The topological polar surface area (TPSA) is 127 Å². The second-order valence-electron chi connectivity index (χ2n) is 7.00. The van der Waals surface area contributed by atoms with Gasteiger partial charge in [-0.15, -0.1) is 10.2 Å². The summed E-state index contributed by atoms with van der Waals surface area (Å²) in [5.74, 6) is 6.31. The molecular formula is C17H24N8OS. The Hall–Kier alpha value is -2.54. The molecule has 0 spiro atoms. The number of aromatic nitrogens is 5. The van der Waals surface area contributed by atoms with Crippen molar-refractivity contribution in [3.05, 3.63) is 17.5 Å². The number of hydrogen-bond donors (Lipinski definition) is 2. The van der Waals surface area contributed by atoms with Crippen molar-refractivity contribution in [3.8, 4) is 12.0 Å². The minimum atomic E-state index is -0.755. The zero-order chi connectivity index (χ0) is 19.6. The maximum atomic E-state index is 12.6. The highest BCUT2D eigenvalue weighted by atomic mass is 32.2. The van der Waals surface area contributed by atoms with Crippen LogP contribution in [0.25, 0.3) is 5.95 Å². The summed E-state index contributed by atoms with van der Waals surface area (Å²) in [6, 6.07) is 4.22. The van der Waals surface area contributed by atoms with Crippen LogP contribution in [0.1, 0.15) is 50.4 Å². The molecule has 3 rings (SSSR count). The van der Waals surface area contributed by atoms with E-state index in [1.165, 1.54) is 16.4 Å². The lowest BCUT2D eigenvalue weighted by Crippen LogP contribution is -2.51. The maximum Gasteiger partial charge on any atom is 0.271 e. The molecule has 27 heavy (non-hydrogen) atoms. The van der Waals surface area contributed by atoms with Gasteiger partial charge in [0.25, 0.3) is 5.95 Å². The number of nitrogens with zero attached hydrogens (tertiary/aromatic N) is 6. The number of aryl methyl sites for hydroxylation is 2. The number of amides is 1. The minimum absolute atomic E-state index is 0.195. The van der Waals surface area contributed by atoms with E-state index in [0.717, 1.165) is 30.7 Å². The van der Waals surface area contributed by atoms with Crippen molar-refractivity contribution in [2.75, 3.05) is 5.84 Å². The normalized spacial score (nSPS) is 17.3. The Labute approximate surface area is 162 Å². The van der Waals surface area contributed by atoms with Gasteiger partial charge in [-0.05, 0) is 39.7 Å². The van der Waals surface area contributed by atoms with Crippen LogP contribution in [0.4, 0.5) is 0 Å². The van der Waals surface area contributed by atoms with E-state index in [4.69, 9.17) is 5.84 Å². The average molecular weight is 389 g/mol. The molecule has 1 atom stereocenters. The number of thioether (sulfide) groups is 1. The fourth-order valence-electron chi connectivity index (χ4n) is 3.29. The fraction of sp³-hybridized carbons (Fsp3) is 0.588. The van der Waals surface area contributed by atoms with E-state index in [-0.39, 0.29) is 5.91 Å². The molecule has 0 aromatic carbocycles. The van der Waals surface area contributed by atoms with Crippen LogP contribution in [0.2, 0.25) is 0 Å². The first-order valence-corrected chi connectivity index (χ1v) is 9.87. The first-order chi connectivity index (χ1) is 12.8. The number of hydrogen-bond acceptors (Lipinski definition) is 7. The van der Waals surface area contributed by atoms with Crippen LogP contribution < -0.4 is 11.2 Å². The summed E-state index contributed by atoms with van der Waals surface area (Å²) >= 11 is 1.21. The molecule has 3 N–H and O–H groups in total. The van der Waals surface area contributed by atoms with Crippen LogP contribution in [-0.2, 0) is 4.79 Å². The molecule has 0 bridgehead atoms. The quantitative estimate of drug-likeness (QED) is 0.588. The molecule has 1 aliphatic carbocycles. The number of carbonyl (C=O) groups is 1. The lowest BCUT2D eigenvalue weighted by atomic mass is 9.83. The highest BCUT2D eigenvalue weighted by Crippen LogP contribution is 2.29. The van der Waals surface area contributed by atoms with Gasteiger partial charge in [0.2, 0.25) is 11.1 Å². The Morgan fingerprint density at radius 3 is 2.67 bits per heavy atom. The van der Waals surface area contributed by atoms with Crippen LogP contribution in [0, 0.1) is 25.2 Å². The highest BCUT2D eigenvalue weighted by molar-refractivity contribution is 8.00. The molecule has 9 nitrogen and oxygen atoms in total. The Kier molecular flexibility index (Phi) is 5.41. The third-order valence-corrected chi connectivity index (χ3v) is 5.84. The number of nitriles is 1. The van der Waals surface area contributed by atoms with Gasteiger partial charge >= 0.3 is 0 Å². The van der Waals surface area contributed by atoms with E-state index in [1.54, 1.807) is 11.6 Å².